The Kier molecular flexibility index (Phi) is 9.14. The average Bonchev–Trinajstić information content (AvgIpc) is 3.09. The number of nitrogens with zero attached hydrogens (tertiary/aromatic N) is 2. The molecule has 1 heterocycles. The van der Waals surface area contributed by atoms with Crippen LogP contribution < -0.4 is 4.74 Å². The van der Waals surface area contributed by atoms with Gasteiger partial charge in [0.15, 0.2) is 5.17 Å². The van der Waals surface area contributed by atoms with Gasteiger partial charge in [0.1, 0.15) is 5.75 Å². The molecule has 3 rings (SSSR count). The highest BCUT2D eigenvalue weighted by molar-refractivity contribution is 9.10. The van der Waals surface area contributed by atoms with Crippen molar-refractivity contribution in [2.24, 2.45) is 4.99 Å². The molecule has 1 amide bonds. The van der Waals surface area contributed by atoms with E-state index in [1.165, 1.54) is 11.8 Å². The SMILES string of the molecule is CCCCOc1ccc(C=C2SC(=Nc3cccc(C(=O)OCC)c3)N(CC)C2=O)cc1Br. The lowest BCUT2D eigenvalue weighted by Crippen LogP contribution is -2.28. The molecule has 0 aromatic heterocycles. The van der Waals surface area contributed by atoms with E-state index in [1.807, 2.05) is 31.2 Å². The molecule has 33 heavy (non-hydrogen) atoms. The summed E-state index contributed by atoms with van der Waals surface area (Å²) in [4.78, 5) is 31.9. The minimum Gasteiger partial charge on any atom is -0.492 e. The number of carbonyl (C=O) groups is 2. The quantitative estimate of drug-likeness (QED) is 0.212. The number of esters is 1. The summed E-state index contributed by atoms with van der Waals surface area (Å²) in [6.07, 6.45) is 3.93. The summed E-state index contributed by atoms with van der Waals surface area (Å²) in [6.45, 7) is 7.27. The zero-order chi connectivity index (χ0) is 23.8. The van der Waals surface area contributed by atoms with Crippen LogP contribution in [-0.2, 0) is 9.53 Å². The van der Waals surface area contributed by atoms with Crippen molar-refractivity contribution >= 4 is 56.5 Å². The molecular formula is C25H27BrN2O4S. The van der Waals surface area contributed by atoms with Crippen LogP contribution >= 0.6 is 27.7 Å². The first-order valence-electron chi connectivity index (χ1n) is 11.0. The maximum Gasteiger partial charge on any atom is 0.338 e. The van der Waals surface area contributed by atoms with Gasteiger partial charge in [0.25, 0.3) is 5.91 Å². The van der Waals surface area contributed by atoms with Crippen LogP contribution in [0.2, 0.25) is 0 Å². The molecule has 6 nitrogen and oxygen atoms in total. The Labute approximate surface area is 207 Å². The monoisotopic (exact) mass is 530 g/mol. The second-order valence-electron chi connectivity index (χ2n) is 7.22. The normalized spacial score (nSPS) is 16.0. The molecule has 0 atom stereocenters. The van der Waals surface area contributed by atoms with E-state index < -0.39 is 5.97 Å². The van der Waals surface area contributed by atoms with Crippen LogP contribution in [0.1, 0.15) is 49.5 Å². The number of ether oxygens (including phenoxy) is 2. The lowest BCUT2D eigenvalue weighted by atomic mass is 10.2. The average molecular weight is 531 g/mol. The first-order valence-corrected chi connectivity index (χ1v) is 12.6. The van der Waals surface area contributed by atoms with Crippen LogP contribution in [0, 0.1) is 0 Å². The number of hydrogen-bond acceptors (Lipinski definition) is 6. The van der Waals surface area contributed by atoms with E-state index in [4.69, 9.17) is 9.47 Å². The zero-order valence-corrected chi connectivity index (χ0v) is 21.4. The number of benzene rings is 2. The van der Waals surface area contributed by atoms with E-state index >= 15 is 0 Å². The van der Waals surface area contributed by atoms with Crippen molar-refractivity contribution in [3.05, 3.63) is 63.0 Å². The number of amidine groups is 1. The number of likely N-dealkylation sites (N-methyl/N-ethyl adjacent to an activating group) is 1. The minimum atomic E-state index is -0.393. The van der Waals surface area contributed by atoms with Crippen LogP contribution in [0.5, 0.6) is 5.75 Å². The number of carbonyl (C=O) groups excluding carboxylic acids is 2. The fourth-order valence-electron chi connectivity index (χ4n) is 3.10. The number of halogens is 1. The summed E-state index contributed by atoms with van der Waals surface area (Å²) >= 11 is 4.87. The molecule has 0 N–H and O–H groups in total. The van der Waals surface area contributed by atoms with Gasteiger partial charge < -0.3 is 9.47 Å². The molecule has 0 saturated carbocycles. The molecule has 0 spiro atoms. The molecule has 8 heteroatoms. The van der Waals surface area contributed by atoms with Gasteiger partial charge >= 0.3 is 5.97 Å². The van der Waals surface area contributed by atoms with Crippen molar-refractivity contribution in [1.82, 2.24) is 4.90 Å². The lowest BCUT2D eigenvalue weighted by Gasteiger charge is -2.12. The summed E-state index contributed by atoms with van der Waals surface area (Å²) < 4.78 is 11.7. The van der Waals surface area contributed by atoms with E-state index in [2.05, 4.69) is 27.8 Å². The Bertz CT molecular complexity index is 1080. The number of amides is 1. The topological polar surface area (TPSA) is 68.2 Å². The lowest BCUT2D eigenvalue weighted by molar-refractivity contribution is -0.122. The van der Waals surface area contributed by atoms with Crippen LogP contribution in [0.15, 0.2) is 56.8 Å². The Morgan fingerprint density at radius 1 is 1.18 bits per heavy atom. The summed E-state index contributed by atoms with van der Waals surface area (Å²) in [7, 11) is 0. The maximum absolute atomic E-state index is 13.0. The number of hydrogen-bond donors (Lipinski definition) is 0. The number of rotatable bonds is 9. The fraction of sp³-hybridized carbons (Fsp3) is 0.320. The highest BCUT2D eigenvalue weighted by Gasteiger charge is 2.32. The van der Waals surface area contributed by atoms with E-state index in [1.54, 1.807) is 36.1 Å². The van der Waals surface area contributed by atoms with Gasteiger partial charge in [-0.25, -0.2) is 9.79 Å². The van der Waals surface area contributed by atoms with Crippen LogP contribution in [0.25, 0.3) is 6.08 Å². The fourth-order valence-corrected chi connectivity index (χ4v) is 4.67. The Balaban J connectivity index is 1.82. The Morgan fingerprint density at radius 3 is 2.70 bits per heavy atom. The molecule has 1 aliphatic heterocycles. The molecule has 174 valence electrons. The van der Waals surface area contributed by atoms with E-state index in [9.17, 15) is 9.59 Å². The van der Waals surface area contributed by atoms with Crippen molar-refractivity contribution in [2.75, 3.05) is 19.8 Å². The van der Waals surface area contributed by atoms with Gasteiger partial charge in [-0.05, 0) is 89.9 Å². The molecule has 2 aromatic rings. The second-order valence-corrected chi connectivity index (χ2v) is 9.08. The van der Waals surface area contributed by atoms with Crippen molar-refractivity contribution < 1.29 is 19.1 Å². The van der Waals surface area contributed by atoms with Crippen molar-refractivity contribution in [3.63, 3.8) is 0 Å². The van der Waals surface area contributed by atoms with Gasteiger partial charge in [-0.2, -0.15) is 0 Å². The van der Waals surface area contributed by atoms with E-state index in [-0.39, 0.29) is 5.91 Å². The minimum absolute atomic E-state index is 0.0952. The highest BCUT2D eigenvalue weighted by Crippen LogP contribution is 2.35. The molecule has 0 radical (unpaired) electrons. The van der Waals surface area contributed by atoms with Gasteiger partial charge in [0.2, 0.25) is 0 Å². The summed E-state index contributed by atoms with van der Waals surface area (Å²) in [5.41, 5.74) is 1.91. The van der Waals surface area contributed by atoms with Gasteiger partial charge in [0, 0.05) is 6.54 Å². The second kappa shape index (κ2) is 12.0. The van der Waals surface area contributed by atoms with E-state index in [0.717, 1.165) is 28.6 Å². The van der Waals surface area contributed by atoms with Gasteiger partial charge in [0.05, 0.1) is 33.8 Å². The highest BCUT2D eigenvalue weighted by atomic mass is 79.9. The van der Waals surface area contributed by atoms with E-state index in [0.29, 0.717) is 41.1 Å². The van der Waals surface area contributed by atoms with Crippen LogP contribution in [0.3, 0.4) is 0 Å². The summed E-state index contributed by atoms with van der Waals surface area (Å²) in [6, 6.07) is 12.7. The molecular weight excluding hydrogens is 504 g/mol. The first-order chi connectivity index (χ1) is 16.0. The van der Waals surface area contributed by atoms with Gasteiger partial charge in [-0.3, -0.25) is 9.69 Å². The summed E-state index contributed by atoms with van der Waals surface area (Å²) in [5, 5.41) is 0.577. The molecule has 0 bridgehead atoms. The molecule has 1 fully saturated rings. The van der Waals surface area contributed by atoms with Crippen molar-refractivity contribution in [3.8, 4) is 5.75 Å². The first kappa shape index (κ1) is 25.1. The number of aliphatic imine (C=N–C) groups is 1. The van der Waals surface area contributed by atoms with Gasteiger partial charge in [-0.1, -0.05) is 25.5 Å². The maximum atomic E-state index is 13.0. The molecule has 0 unspecified atom stereocenters. The number of unbranched alkanes of at least 4 members (excludes halogenated alkanes) is 1. The van der Waals surface area contributed by atoms with Crippen LogP contribution in [0.4, 0.5) is 5.69 Å². The molecule has 2 aromatic carbocycles. The third-order valence-corrected chi connectivity index (χ3v) is 6.42. The predicted octanol–water partition coefficient (Wildman–Crippen LogP) is 6.43. The van der Waals surface area contributed by atoms with Crippen molar-refractivity contribution in [1.29, 1.82) is 0 Å². The molecule has 0 aliphatic carbocycles. The standard InChI is InChI=1S/C25H27BrN2O4S/c1-4-7-13-32-21-12-11-17(14-20(21)26)15-22-23(29)28(5-2)25(33-22)27-19-10-8-9-18(16-19)24(30)31-6-3/h8-12,14-16H,4-7,13H2,1-3H3. The summed E-state index contributed by atoms with van der Waals surface area (Å²) in [5.74, 6) is 0.299. The van der Waals surface area contributed by atoms with Crippen LogP contribution in [-0.4, -0.2) is 41.7 Å². The molecule has 1 aliphatic rings. The zero-order valence-electron chi connectivity index (χ0n) is 19.0. The number of thioether (sulfide) groups is 1. The Hall–Kier alpha value is -2.58. The Morgan fingerprint density at radius 2 is 2.00 bits per heavy atom. The third kappa shape index (κ3) is 6.48. The third-order valence-electron chi connectivity index (χ3n) is 4.80. The molecule has 1 saturated heterocycles. The van der Waals surface area contributed by atoms with Crippen molar-refractivity contribution in [2.45, 2.75) is 33.6 Å². The van der Waals surface area contributed by atoms with Gasteiger partial charge in [-0.15, -0.1) is 0 Å². The predicted molar refractivity (Wildman–Crippen MR) is 137 cm³/mol. The smallest absolute Gasteiger partial charge is 0.338 e. The largest absolute Gasteiger partial charge is 0.492 e.